The Bertz CT molecular complexity index is 298. The summed E-state index contributed by atoms with van der Waals surface area (Å²) in [6, 6.07) is 0. The van der Waals surface area contributed by atoms with Gasteiger partial charge in [0.05, 0.1) is 5.92 Å². The Hall–Kier alpha value is -1.63. The molecule has 0 saturated heterocycles. The number of carbonyl (C=O) groups is 1. The lowest BCUT2D eigenvalue weighted by Gasteiger charge is -2.18. The van der Waals surface area contributed by atoms with Crippen molar-refractivity contribution in [1.82, 2.24) is 5.32 Å². The fourth-order valence-electron chi connectivity index (χ4n) is 1.03. The highest BCUT2D eigenvalue weighted by molar-refractivity contribution is 6.16. The van der Waals surface area contributed by atoms with Gasteiger partial charge in [0.1, 0.15) is 0 Å². The van der Waals surface area contributed by atoms with Gasteiger partial charge in [0.2, 0.25) is 11.9 Å². The van der Waals surface area contributed by atoms with Gasteiger partial charge in [-0.15, -0.1) is 12.3 Å². The summed E-state index contributed by atoms with van der Waals surface area (Å²) in [5.74, 6) is 1.71. The van der Waals surface area contributed by atoms with Crippen molar-refractivity contribution < 1.29 is 4.79 Å². The van der Waals surface area contributed by atoms with Crippen LogP contribution in [0.3, 0.4) is 0 Å². The average Bonchev–Trinajstić information content (AvgIpc) is 1.96. The molecule has 1 rings (SSSR count). The second-order valence-electron chi connectivity index (χ2n) is 2.55. The minimum atomic E-state index is -0.357. The Balaban J connectivity index is 2.87. The second-order valence-corrected chi connectivity index (χ2v) is 2.55. The third-order valence-corrected chi connectivity index (χ3v) is 1.67. The average molecular weight is 163 g/mol. The predicted octanol–water partition coefficient (Wildman–Crippen LogP) is 0.151. The van der Waals surface area contributed by atoms with E-state index in [1.165, 1.54) is 0 Å². The van der Waals surface area contributed by atoms with Gasteiger partial charge < -0.3 is 0 Å². The van der Waals surface area contributed by atoms with Gasteiger partial charge in [0, 0.05) is 12.1 Å². The topological polar surface area (TPSA) is 65.3 Å². The first-order valence-corrected chi connectivity index (χ1v) is 3.53. The summed E-state index contributed by atoms with van der Waals surface area (Å²) in [4.78, 5) is 15.0. The highest BCUT2D eigenvalue weighted by atomic mass is 16.2. The van der Waals surface area contributed by atoms with E-state index in [-0.39, 0.29) is 17.8 Å². The fraction of sp³-hybridized carbons (Fsp3) is 0.375. The molecule has 1 atom stereocenters. The Morgan fingerprint density at radius 3 is 3.00 bits per heavy atom. The van der Waals surface area contributed by atoms with Crippen LogP contribution in [0.5, 0.6) is 0 Å². The van der Waals surface area contributed by atoms with Gasteiger partial charge in [0.15, 0.2) is 0 Å². The van der Waals surface area contributed by atoms with Crippen LogP contribution in [0.15, 0.2) is 4.99 Å². The molecule has 0 aliphatic carbocycles. The van der Waals surface area contributed by atoms with Crippen LogP contribution < -0.4 is 5.32 Å². The minimum absolute atomic E-state index is 0.106. The number of carbonyl (C=O) groups excluding carboxylic acids is 1. The maximum Gasteiger partial charge on any atom is 0.236 e. The lowest BCUT2D eigenvalue weighted by Crippen LogP contribution is -2.42. The Morgan fingerprint density at radius 2 is 2.50 bits per heavy atom. The van der Waals surface area contributed by atoms with Gasteiger partial charge in [-0.2, -0.15) is 0 Å². The zero-order valence-corrected chi connectivity index (χ0v) is 6.72. The maximum absolute atomic E-state index is 11.2. The molecule has 0 saturated carbocycles. The molecule has 1 heterocycles. The van der Waals surface area contributed by atoms with E-state index >= 15 is 0 Å². The highest BCUT2D eigenvalue weighted by Gasteiger charge is 2.25. The van der Waals surface area contributed by atoms with Crippen LogP contribution in [0.1, 0.15) is 13.3 Å². The molecule has 62 valence electrons. The van der Waals surface area contributed by atoms with E-state index in [1.807, 2.05) is 0 Å². The molecule has 2 N–H and O–H groups in total. The predicted molar refractivity (Wildman–Crippen MR) is 45.9 cm³/mol. The van der Waals surface area contributed by atoms with Crippen molar-refractivity contribution in [2.75, 3.05) is 0 Å². The molecule has 0 aromatic rings. The maximum atomic E-state index is 11.2. The van der Waals surface area contributed by atoms with Crippen LogP contribution in [0.4, 0.5) is 0 Å². The SMILES string of the molecule is C#CCC1C(=O)NC(=N)N=C1C. The molecule has 1 aliphatic rings. The summed E-state index contributed by atoms with van der Waals surface area (Å²) in [6.45, 7) is 1.70. The van der Waals surface area contributed by atoms with Gasteiger partial charge in [-0.1, -0.05) is 0 Å². The van der Waals surface area contributed by atoms with Gasteiger partial charge in [0.25, 0.3) is 0 Å². The summed E-state index contributed by atoms with van der Waals surface area (Å²) in [6.07, 6.45) is 5.42. The van der Waals surface area contributed by atoms with Crippen molar-refractivity contribution in [2.45, 2.75) is 13.3 Å². The zero-order chi connectivity index (χ0) is 9.14. The van der Waals surface area contributed by atoms with E-state index in [0.29, 0.717) is 12.1 Å². The second kappa shape index (κ2) is 3.18. The van der Waals surface area contributed by atoms with Crippen LogP contribution in [0.25, 0.3) is 0 Å². The number of nitrogens with zero attached hydrogens (tertiary/aromatic N) is 1. The summed E-state index contributed by atoms with van der Waals surface area (Å²) in [5, 5.41) is 9.41. The summed E-state index contributed by atoms with van der Waals surface area (Å²) >= 11 is 0. The van der Waals surface area contributed by atoms with Crippen molar-refractivity contribution >= 4 is 17.6 Å². The summed E-state index contributed by atoms with van der Waals surface area (Å²) in [7, 11) is 0. The zero-order valence-electron chi connectivity index (χ0n) is 6.72. The molecular weight excluding hydrogens is 154 g/mol. The number of hydrogen-bond acceptors (Lipinski definition) is 2. The van der Waals surface area contributed by atoms with E-state index < -0.39 is 0 Å². The van der Waals surface area contributed by atoms with Crippen LogP contribution in [-0.2, 0) is 4.79 Å². The van der Waals surface area contributed by atoms with Crippen LogP contribution in [0, 0.1) is 23.7 Å². The summed E-state index contributed by atoms with van der Waals surface area (Å²) in [5.41, 5.74) is 0.613. The first-order valence-electron chi connectivity index (χ1n) is 3.53. The fourth-order valence-corrected chi connectivity index (χ4v) is 1.03. The molecule has 0 spiro atoms. The first kappa shape index (κ1) is 8.47. The summed E-state index contributed by atoms with van der Waals surface area (Å²) < 4.78 is 0. The number of hydrogen-bond donors (Lipinski definition) is 2. The Morgan fingerprint density at radius 1 is 1.83 bits per heavy atom. The number of aliphatic imine (C=N–C) groups is 1. The van der Waals surface area contributed by atoms with Crippen LogP contribution in [-0.4, -0.2) is 17.6 Å². The quantitative estimate of drug-likeness (QED) is 0.531. The molecule has 12 heavy (non-hydrogen) atoms. The number of guanidine groups is 1. The Kier molecular flexibility index (Phi) is 2.24. The molecule has 0 aromatic carbocycles. The van der Waals surface area contributed by atoms with E-state index in [2.05, 4.69) is 16.2 Å². The number of nitrogens with one attached hydrogen (secondary N) is 2. The van der Waals surface area contributed by atoms with E-state index in [0.717, 1.165) is 0 Å². The molecule has 1 amide bonds. The smallest absolute Gasteiger partial charge is 0.236 e. The molecule has 4 heteroatoms. The first-order chi connectivity index (χ1) is 5.65. The van der Waals surface area contributed by atoms with Crippen molar-refractivity contribution in [3.8, 4) is 12.3 Å². The molecule has 0 aromatic heterocycles. The Labute approximate surface area is 70.6 Å². The molecule has 0 fully saturated rings. The standard InChI is InChI=1S/C8H9N3O/c1-3-4-6-5(2)10-8(9)11-7(6)12/h1,6H,4H2,2H3,(H2,9,11,12). The molecule has 0 bridgehead atoms. The minimum Gasteiger partial charge on any atom is -0.294 e. The lowest BCUT2D eigenvalue weighted by molar-refractivity contribution is -0.121. The normalized spacial score (nSPS) is 22.7. The molecule has 0 radical (unpaired) electrons. The van der Waals surface area contributed by atoms with Crippen molar-refractivity contribution in [2.24, 2.45) is 10.9 Å². The van der Waals surface area contributed by atoms with Gasteiger partial charge in [-0.3, -0.25) is 15.5 Å². The van der Waals surface area contributed by atoms with Crippen molar-refractivity contribution in [3.63, 3.8) is 0 Å². The third-order valence-electron chi connectivity index (χ3n) is 1.67. The molecule has 4 nitrogen and oxygen atoms in total. The van der Waals surface area contributed by atoms with Gasteiger partial charge in [-0.25, -0.2) is 4.99 Å². The molecule has 1 aliphatic heterocycles. The van der Waals surface area contributed by atoms with Crippen LogP contribution in [0.2, 0.25) is 0 Å². The van der Waals surface area contributed by atoms with Crippen molar-refractivity contribution in [1.29, 1.82) is 5.41 Å². The van der Waals surface area contributed by atoms with Gasteiger partial charge >= 0.3 is 0 Å². The van der Waals surface area contributed by atoms with Crippen molar-refractivity contribution in [3.05, 3.63) is 0 Å². The number of amides is 1. The van der Waals surface area contributed by atoms with E-state index in [9.17, 15) is 4.79 Å². The third kappa shape index (κ3) is 1.51. The monoisotopic (exact) mass is 163 g/mol. The molecular formula is C8H9N3O. The number of rotatable bonds is 1. The van der Waals surface area contributed by atoms with E-state index in [4.69, 9.17) is 11.8 Å². The highest BCUT2D eigenvalue weighted by Crippen LogP contribution is 2.09. The van der Waals surface area contributed by atoms with E-state index in [1.54, 1.807) is 6.92 Å². The van der Waals surface area contributed by atoms with Gasteiger partial charge in [-0.05, 0) is 6.92 Å². The largest absolute Gasteiger partial charge is 0.294 e. The lowest BCUT2D eigenvalue weighted by atomic mass is 9.99. The molecule has 1 unspecified atom stereocenters. The van der Waals surface area contributed by atoms with Crippen LogP contribution >= 0.6 is 0 Å². The number of terminal acetylenes is 1.